The average molecular weight is 898 g/mol. The Bertz CT molecular complexity index is 3460. The van der Waals surface area contributed by atoms with Crippen LogP contribution in [0, 0.1) is 0 Å². The number of fused-ring (bicyclic) bond motifs is 3. The van der Waals surface area contributed by atoms with E-state index in [9.17, 15) is 36.2 Å². The van der Waals surface area contributed by atoms with Crippen molar-refractivity contribution in [2.75, 3.05) is 19.5 Å². The van der Waals surface area contributed by atoms with Gasteiger partial charge in [0.2, 0.25) is 0 Å². The van der Waals surface area contributed by atoms with Crippen LogP contribution in [-0.2, 0) is 26.8 Å². The van der Waals surface area contributed by atoms with E-state index in [4.69, 9.17) is 9.47 Å². The van der Waals surface area contributed by atoms with Crippen molar-refractivity contribution in [2.24, 2.45) is 30.7 Å². The predicted molar refractivity (Wildman–Crippen MR) is 241 cm³/mol. The van der Waals surface area contributed by atoms with E-state index in [0.29, 0.717) is 21.7 Å². The fourth-order valence-corrected chi connectivity index (χ4v) is 8.05. The Labute approximate surface area is 365 Å². The first-order chi connectivity index (χ1) is 30.7. The molecule has 0 amide bonds. The van der Waals surface area contributed by atoms with E-state index in [1.165, 1.54) is 61.7 Å². The maximum Gasteiger partial charge on any atom is 0.295 e. The van der Waals surface area contributed by atoms with Crippen molar-refractivity contribution in [3.63, 3.8) is 0 Å². The highest BCUT2D eigenvalue weighted by atomic mass is 32.2. The fraction of sp³-hybridized carbons (Fsp3) is 0.0667. The minimum Gasteiger partial charge on any atom is -0.505 e. The Morgan fingerprint density at radius 2 is 1.19 bits per heavy atom. The van der Waals surface area contributed by atoms with Crippen LogP contribution in [0.3, 0.4) is 0 Å². The number of methoxy groups -OCH3 is 2. The smallest absolute Gasteiger partial charge is 0.295 e. The Hall–Kier alpha value is -7.68. The van der Waals surface area contributed by atoms with E-state index < -0.39 is 31.7 Å². The molecule has 64 heavy (non-hydrogen) atoms. The normalized spacial score (nSPS) is 12.3. The van der Waals surface area contributed by atoms with Gasteiger partial charge in [-0.05, 0) is 108 Å². The summed E-state index contributed by atoms with van der Waals surface area (Å²) in [6.45, 7) is -0.484. The van der Waals surface area contributed by atoms with Crippen molar-refractivity contribution < 1.29 is 45.6 Å². The van der Waals surface area contributed by atoms with Crippen LogP contribution in [0.2, 0.25) is 0 Å². The lowest BCUT2D eigenvalue weighted by Crippen LogP contribution is -1.98. The van der Waals surface area contributed by atoms with Gasteiger partial charge in [0.25, 0.3) is 20.2 Å². The number of aliphatic hydroxyl groups is 1. The molecule has 0 saturated carbocycles. The third-order valence-corrected chi connectivity index (χ3v) is 11.8. The maximum atomic E-state index is 12.2. The number of hydrogen-bond donors (Lipinski definition) is 5. The third kappa shape index (κ3) is 9.09. The molecule has 19 heteroatoms. The highest BCUT2D eigenvalue weighted by molar-refractivity contribution is 7.86. The molecule has 8 rings (SSSR count). The Morgan fingerprint density at radius 1 is 0.531 bits per heavy atom. The quantitative estimate of drug-likeness (QED) is 0.0537. The van der Waals surface area contributed by atoms with Gasteiger partial charge in [0.1, 0.15) is 27.8 Å². The van der Waals surface area contributed by atoms with Gasteiger partial charge >= 0.3 is 0 Å². The second kappa shape index (κ2) is 17.6. The molecule has 0 aliphatic rings. The van der Waals surface area contributed by atoms with Crippen molar-refractivity contribution in [2.45, 2.75) is 16.4 Å². The Morgan fingerprint density at radius 3 is 1.89 bits per heavy atom. The summed E-state index contributed by atoms with van der Waals surface area (Å²) in [7, 11) is -6.15. The van der Waals surface area contributed by atoms with Crippen LogP contribution in [0.1, 0.15) is 5.56 Å². The molecule has 0 unspecified atom stereocenters. The molecule has 0 atom stereocenters. The van der Waals surface area contributed by atoms with Crippen LogP contribution in [0.15, 0.2) is 174 Å². The van der Waals surface area contributed by atoms with E-state index in [1.54, 1.807) is 49.6 Å². The summed E-state index contributed by atoms with van der Waals surface area (Å²) in [6, 6.07) is 35.3. The van der Waals surface area contributed by atoms with Crippen molar-refractivity contribution in [1.29, 1.82) is 0 Å². The van der Waals surface area contributed by atoms with E-state index in [0.717, 1.165) is 22.5 Å². The molecule has 8 aromatic carbocycles. The van der Waals surface area contributed by atoms with Crippen LogP contribution in [0.4, 0.5) is 45.5 Å². The molecule has 0 aromatic heterocycles. The highest BCUT2D eigenvalue weighted by Crippen LogP contribution is 2.42. The summed E-state index contributed by atoms with van der Waals surface area (Å²) >= 11 is 0. The number of hydrogen-bond acceptors (Lipinski definition) is 15. The number of phenols is 1. The summed E-state index contributed by atoms with van der Waals surface area (Å²) in [5.74, 6) is 0.802. The predicted octanol–water partition coefficient (Wildman–Crippen LogP) is 11.8. The summed E-state index contributed by atoms with van der Waals surface area (Å²) in [6.07, 6.45) is 0. The highest BCUT2D eigenvalue weighted by Gasteiger charge is 2.17. The summed E-state index contributed by atoms with van der Waals surface area (Å²) < 4.78 is 78.7. The van der Waals surface area contributed by atoms with Crippen molar-refractivity contribution in [1.82, 2.24) is 0 Å². The van der Waals surface area contributed by atoms with Crippen LogP contribution >= 0.6 is 0 Å². The van der Waals surface area contributed by atoms with Gasteiger partial charge in [-0.15, -0.1) is 20.5 Å². The number of aliphatic hydroxyl groups excluding tert-OH is 1. The minimum atomic E-state index is -4.63. The van der Waals surface area contributed by atoms with E-state index in [1.807, 2.05) is 36.4 Å². The number of nitrogens with one attached hydrogen (secondary N) is 1. The lowest BCUT2D eigenvalue weighted by molar-refractivity contribution is 0.282. The maximum absolute atomic E-state index is 12.2. The average Bonchev–Trinajstić information content (AvgIpc) is 3.29. The molecular formula is C45H35N7O10S2. The first-order valence-corrected chi connectivity index (χ1v) is 21.9. The van der Waals surface area contributed by atoms with Crippen LogP contribution in [0.25, 0.3) is 32.3 Å². The van der Waals surface area contributed by atoms with Gasteiger partial charge in [-0.3, -0.25) is 9.11 Å². The number of phenolic OH excluding ortho intramolecular Hbond substituents is 1. The number of aromatic hydroxyl groups is 1. The molecule has 0 aliphatic carbocycles. The lowest BCUT2D eigenvalue weighted by Gasteiger charge is -2.10. The molecule has 0 spiro atoms. The zero-order valence-electron chi connectivity index (χ0n) is 33.6. The van der Waals surface area contributed by atoms with E-state index in [-0.39, 0.29) is 61.3 Å². The first-order valence-electron chi connectivity index (χ1n) is 19.0. The number of anilines is 2. The summed E-state index contributed by atoms with van der Waals surface area (Å²) in [4.78, 5) is -0.684. The van der Waals surface area contributed by atoms with Gasteiger partial charge in [0.15, 0.2) is 5.75 Å². The Balaban J connectivity index is 1.09. The minimum absolute atomic E-state index is 0.128. The molecule has 5 N–H and O–H groups in total. The molecule has 8 aromatic rings. The van der Waals surface area contributed by atoms with Gasteiger partial charge in [-0.1, -0.05) is 30.3 Å². The van der Waals surface area contributed by atoms with E-state index in [2.05, 4.69) is 36.0 Å². The number of rotatable bonds is 13. The number of benzene rings is 8. The molecule has 0 heterocycles. The molecule has 0 bridgehead atoms. The van der Waals surface area contributed by atoms with Gasteiger partial charge < -0.3 is 25.0 Å². The molecule has 322 valence electrons. The van der Waals surface area contributed by atoms with Crippen LogP contribution in [-0.4, -0.2) is 50.4 Å². The lowest BCUT2D eigenvalue weighted by atomic mass is 10.1. The largest absolute Gasteiger partial charge is 0.505 e. The number of ether oxygens (including phenoxy) is 2. The molecule has 0 aliphatic heterocycles. The molecule has 0 fully saturated rings. The van der Waals surface area contributed by atoms with Crippen LogP contribution < -0.4 is 14.8 Å². The standard InChI is InChI=1S/C45H35N7O10S2/c1-61-32-12-9-29(10-13-32)46-30-11-15-34-27(20-30)7-17-40(45(34)54)50-49-39-19-18-38(35-16-14-33(23-37(35)39)63(55,56)57)48-52-42-21-28(25-53)41(24-43(42)62-2)51-47-31-8-6-26-4-3-5-44(36(26)22-31)64(58,59)60/h3-24,46,53-54H,25H2,1-2H3,(H,55,56,57)(H,58,59,60). The third-order valence-electron chi connectivity index (χ3n) is 10.0. The first kappa shape index (κ1) is 43.0. The summed E-state index contributed by atoms with van der Waals surface area (Å²) in [5, 5.41) is 53.4. The van der Waals surface area contributed by atoms with Crippen molar-refractivity contribution in [3.8, 4) is 17.2 Å². The fourth-order valence-electron chi connectivity index (χ4n) is 6.84. The number of azo groups is 3. The molecular weight excluding hydrogens is 863 g/mol. The van der Waals surface area contributed by atoms with E-state index >= 15 is 0 Å². The monoisotopic (exact) mass is 897 g/mol. The van der Waals surface area contributed by atoms with Crippen molar-refractivity contribution >= 4 is 98.1 Å². The molecule has 17 nitrogen and oxygen atoms in total. The second-order valence-electron chi connectivity index (χ2n) is 14.1. The molecule has 0 radical (unpaired) electrons. The van der Waals surface area contributed by atoms with Gasteiger partial charge in [-0.2, -0.15) is 27.1 Å². The van der Waals surface area contributed by atoms with Crippen molar-refractivity contribution in [3.05, 3.63) is 139 Å². The van der Waals surface area contributed by atoms with Gasteiger partial charge in [-0.25, -0.2) is 0 Å². The second-order valence-corrected chi connectivity index (χ2v) is 16.9. The molecule has 0 saturated heterocycles. The van der Waals surface area contributed by atoms with Gasteiger partial charge in [0, 0.05) is 44.5 Å². The van der Waals surface area contributed by atoms with Crippen LogP contribution in [0.5, 0.6) is 17.2 Å². The Kier molecular flexibility index (Phi) is 11.8. The summed E-state index contributed by atoms with van der Waals surface area (Å²) in [5.41, 5.74) is 3.19. The number of nitrogens with zero attached hydrogens (tertiary/aromatic N) is 6. The van der Waals surface area contributed by atoms with Gasteiger partial charge in [0.05, 0.1) is 48.5 Å². The zero-order valence-corrected chi connectivity index (χ0v) is 35.3. The topological polar surface area (TPSA) is 254 Å². The SMILES string of the molecule is COc1ccc(Nc2ccc3c(O)c(N=Nc4ccc(N=Nc5cc(CO)c(N=Nc6ccc7cccc(S(=O)(=O)O)c7c6)cc5OC)c5ccc(S(=O)(=O)O)cc45)ccc3c2)cc1. The zero-order chi connectivity index (χ0) is 45.2.